The Morgan fingerprint density at radius 1 is 1.14 bits per heavy atom. The molecule has 0 aliphatic rings. The number of hydrogen-bond acceptors (Lipinski definition) is 3. The van der Waals surface area contributed by atoms with E-state index in [2.05, 4.69) is 15.0 Å². The molecule has 0 aliphatic heterocycles. The zero-order chi connectivity index (χ0) is 10.3. The van der Waals surface area contributed by atoms with E-state index in [1.807, 2.05) is 0 Å². The quantitative estimate of drug-likeness (QED) is 0.523. The minimum absolute atomic E-state index is 0.0425. The van der Waals surface area contributed by atoms with Crippen molar-refractivity contribution in [1.29, 1.82) is 0 Å². The average Bonchev–Trinajstić information content (AvgIpc) is 2.08. The van der Waals surface area contributed by atoms with Crippen molar-refractivity contribution in [3.8, 4) is 0 Å². The molecule has 2 heterocycles. The Bertz CT molecular complexity index is 616. The molecule has 0 spiro atoms. The Balaban J connectivity index is 3.03. The zero-order valence-electron chi connectivity index (χ0n) is 6.60. The smallest absolute Gasteiger partial charge is 0.314 e. The van der Waals surface area contributed by atoms with E-state index < -0.39 is 11.1 Å². The number of nitrogens with one attached hydrogen (secondary N) is 2. The first kappa shape index (κ1) is 9.23. The lowest BCUT2D eigenvalue weighted by molar-refractivity contribution is 1.13. The molecule has 2 N–H and O–H groups in total. The van der Waals surface area contributed by atoms with Crippen LogP contribution in [0.3, 0.4) is 0 Å². The van der Waals surface area contributed by atoms with Crippen molar-refractivity contribution >= 4 is 34.2 Å². The first-order valence-corrected chi connectivity index (χ1v) is 4.32. The molecule has 5 nitrogen and oxygen atoms in total. The molecule has 2 aromatic rings. The average molecular weight is 232 g/mol. The number of hydrogen-bond donors (Lipinski definition) is 2. The Kier molecular flexibility index (Phi) is 2.05. The highest BCUT2D eigenvalue weighted by Crippen LogP contribution is 2.19. The van der Waals surface area contributed by atoms with Crippen LogP contribution in [0.15, 0.2) is 15.7 Å². The number of fused-ring (bicyclic) bond motifs is 1. The number of H-pyrrole nitrogens is 2. The van der Waals surface area contributed by atoms with Crippen LogP contribution >= 0.6 is 23.2 Å². The second-order valence-electron chi connectivity index (χ2n) is 2.57. The van der Waals surface area contributed by atoms with Gasteiger partial charge in [0.25, 0.3) is 0 Å². The SMILES string of the molecule is O=c1[nH]c2cc(Cl)nc(Cl)c2[nH]c1=O. The van der Waals surface area contributed by atoms with E-state index in [0.29, 0.717) is 5.52 Å². The molecule has 72 valence electrons. The molecule has 0 saturated carbocycles. The third kappa shape index (κ3) is 1.40. The summed E-state index contributed by atoms with van der Waals surface area (Å²) in [5.74, 6) is 0. The Labute approximate surface area is 86.7 Å². The summed E-state index contributed by atoms with van der Waals surface area (Å²) >= 11 is 11.3. The Morgan fingerprint density at radius 3 is 2.50 bits per heavy atom. The molecular weight excluding hydrogens is 229 g/mol. The van der Waals surface area contributed by atoms with Gasteiger partial charge in [0, 0.05) is 6.07 Å². The van der Waals surface area contributed by atoms with E-state index in [0.717, 1.165) is 0 Å². The number of pyridine rings is 1. The minimum Gasteiger partial charge on any atom is -0.316 e. The number of aromatic nitrogens is 3. The zero-order valence-corrected chi connectivity index (χ0v) is 8.11. The van der Waals surface area contributed by atoms with Gasteiger partial charge in [-0.3, -0.25) is 9.59 Å². The maximum absolute atomic E-state index is 11.0. The summed E-state index contributed by atoms with van der Waals surface area (Å²) in [5, 5.41) is 0.186. The topological polar surface area (TPSA) is 78.6 Å². The van der Waals surface area contributed by atoms with Gasteiger partial charge in [-0.05, 0) is 0 Å². The summed E-state index contributed by atoms with van der Waals surface area (Å²) in [4.78, 5) is 30.2. The molecular formula is C7H3Cl2N3O2. The largest absolute Gasteiger partial charge is 0.316 e. The van der Waals surface area contributed by atoms with E-state index in [1.54, 1.807) is 0 Å². The summed E-state index contributed by atoms with van der Waals surface area (Å²) in [5.41, 5.74) is -0.917. The lowest BCUT2D eigenvalue weighted by atomic mass is 10.4. The molecule has 0 saturated heterocycles. The molecule has 0 amide bonds. The van der Waals surface area contributed by atoms with Crippen LogP contribution in [0.1, 0.15) is 0 Å². The second kappa shape index (κ2) is 3.11. The maximum atomic E-state index is 11.0. The predicted octanol–water partition coefficient (Wildman–Crippen LogP) is 0.918. The summed E-state index contributed by atoms with van der Waals surface area (Å²) in [6, 6.07) is 1.40. The van der Waals surface area contributed by atoms with Gasteiger partial charge in [-0.2, -0.15) is 0 Å². The molecule has 14 heavy (non-hydrogen) atoms. The lowest BCUT2D eigenvalue weighted by Crippen LogP contribution is -2.29. The Hall–Kier alpha value is -1.33. The van der Waals surface area contributed by atoms with Gasteiger partial charge in [-0.1, -0.05) is 23.2 Å². The van der Waals surface area contributed by atoms with Gasteiger partial charge in [-0.25, -0.2) is 4.98 Å². The lowest BCUT2D eigenvalue weighted by Gasteiger charge is -1.98. The van der Waals surface area contributed by atoms with E-state index >= 15 is 0 Å². The van der Waals surface area contributed by atoms with Crippen molar-refractivity contribution in [3.05, 3.63) is 37.1 Å². The summed E-state index contributed by atoms with van der Waals surface area (Å²) in [6.45, 7) is 0. The molecule has 7 heteroatoms. The molecule has 0 fully saturated rings. The van der Waals surface area contributed by atoms with E-state index in [9.17, 15) is 9.59 Å². The fourth-order valence-electron chi connectivity index (χ4n) is 1.05. The second-order valence-corrected chi connectivity index (χ2v) is 3.31. The van der Waals surface area contributed by atoms with E-state index in [1.165, 1.54) is 6.07 Å². The summed E-state index contributed by atoms with van der Waals surface area (Å²) in [6.07, 6.45) is 0. The van der Waals surface area contributed by atoms with Crippen molar-refractivity contribution in [1.82, 2.24) is 15.0 Å². The van der Waals surface area contributed by atoms with Gasteiger partial charge in [-0.15, -0.1) is 0 Å². The van der Waals surface area contributed by atoms with Gasteiger partial charge in [0.1, 0.15) is 10.7 Å². The van der Waals surface area contributed by atoms with Crippen LogP contribution in [-0.4, -0.2) is 15.0 Å². The third-order valence-electron chi connectivity index (χ3n) is 1.64. The van der Waals surface area contributed by atoms with Crippen LogP contribution in [-0.2, 0) is 0 Å². The minimum atomic E-state index is -0.775. The highest BCUT2D eigenvalue weighted by atomic mass is 35.5. The number of rotatable bonds is 0. The molecule has 0 unspecified atom stereocenters. The molecule has 2 aromatic heterocycles. The summed E-state index contributed by atoms with van der Waals surface area (Å²) < 4.78 is 0. The molecule has 0 aliphatic carbocycles. The van der Waals surface area contributed by atoms with Crippen molar-refractivity contribution in [2.45, 2.75) is 0 Å². The van der Waals surface area contributed by atoms with Crippen LogP contribution in [0.4, 0.5) is 0 Å². The highest BCUT2D eigenvalue weighted by molar-refractivity contribution is 6.35. The van der Waals surface area contributed by atoms with Crippen molar-refractivity contribution in [3.63, 3.8) is 0 Å². The first-order valence-electron chi connectivity index (χ1n) is 3.56. The normalized spacial score (nSPS) is 10.7. The predicted molar refractivity (Wildman–Crippen MR) is 53.0 cm³/mol. The van der Waals surface area contributed by atoms with Gasteiger partial charge in [0.2, 0.25) is 0 Å². The molecule has 0 atom stereocenters. The highest BCUT2D eigenvalue weighted by Gasteiger charge is 2.05. The van der Waals surface area contributed by atoms with Gasteiger partial charge >= 0.3 is 11.1 Å². The van der Waals surface area contributed by atoms with Crippen LogP contribution in [0.5, 0.6) is 0 Å². The first-order chi connectivity index (χ1) is 6.58. The van der Waals surface area contributed by atoms with Crippen LogP contribution in [0.25, 0.3) is 11.0 Å². The van der Waals surface area contributed by atoms with Crippen LogP contribution in [0.2, 0.25) is 10.3 Å². The third-order valence-corrected chi connectivity index (χ3v) is 2.10. The number of aromatic amines is 2. The van der Waals surface area contributed by atoms with Gasteiger partial charge in [0.05, 0.1) is 5.52 Å². The maximum Gasteiger partial charge on any atom is 0.314 e. The monoisotopic (exact) mass is 231 g/mol. The van der Waals surface area contributed by atoms with Crippen LogP contribution in [0, 0.1) is 0 Å². The number of halogens is 2. The van der Waals surface area contributed by atoms with Gasteiger partial charge in [0.15, 0.2) is 5.15 Å². The van der Waals surface area contributed by atoms with Crippen molar-refractivity contribution < 1.29 is 0 Å². The number of nitrogens with zero attached hydrogens (tertiary/aromatic N) is 1. The fraction of sp³-hybridized carbons (Fsp3) is 0. The molecule has 0 aromatic carbocycles. The van der Waals surface area contributed by atoms with Crippen LogP contribution < -0.4 is 11.1 Å². The summed E-state index contributed by atoms with van der Waals surface area (Å²) in [7, 11) is 0. The molecule has 0 radical (unpaired) electrons. The fourth-order valence-corrected chi connectivity index (χ4v) is 1.53. The van der Waals surface area contributed by atoms with Crippen molar-refractivity contribution in [2.24, 2.45) is 0 Å². The van der Waals surface area contributed by atoms with E-state index in [4.69, 9.17) is 23.2 Å². The molecule has 2 rings (SSSR count). The van der Waals surface area contributed by atoms with Crippen molar-refractivity contribution in [2.75, 3.05) is 0 Å². The van der Waals surface area contributed by atoms with Gasteiger partial charge < -0.3 is 9.97 Å². The molecule has 0 bridgehead atoms. The Morgan fingerprint density at radius 2 is 1.79 bits per heavy atom. The standard InChI is InChI=1S/C7H3Cl2N3O2/c8-3-1-2-4(5(9)11-3)12-7(14)6(13)10-2/h1H,(H,10,13)(H,12,14). The van der Waals surface area contributed by atoms with E-state index in [-0.39, 0.29) is 15.8 Å².